The summed E-state index contributed by atoms with van der Waals surface area (Å²) in [5, 5.41) is 3.38. The first kappa shape index (κ1) is 11.6. The highest BCUT2D eigenvalue weighted by Gasteiger charge is 2.21. The Kier molecular flexibility index (Phi) is 3.59. The Labute approximate surface area is 97.1 Å². The van der Waals surface area contributed by atoms with E-state index in [0.29, 0.717) is 5.92 Å². The summed E-state index contributed by atoms with van der Waals surface area (Å²) in [4.78, 5) is 0. The summed E-state index contributed by atoms with van der Waals surface area (Å²) >= 11 is 0. The molecule has 1 nitrogen and oxygen atoms in total. The number of piperidine rings is 1. The third-order valence-electron chi connectivity index (χ3n) is 3.80. The quantitative estimate of drug-likeness (QED) is 0.808. The van der Waals surface area contributed by atoms with Gasteiger partial charge in [0.1, 0.15) is 5.82 Å². The van der Waals surface area contributed by atoms with Crippen molar-refractivity contribution in [1.82, 2.24) is 5.32 Å². The molecule has 1 fully saturated rings. The van der Waals surface area contributed by atoms with Crippen molar-refractivity contribution < 1.29 is 4.39 Å². The van der Waals surface area contributed by atoms with Crippen molar-refractivity contribution in [2.45, 2.75) is 32.6 Å². The van der Waals surface area contributed by atoms with Gasteiger partial charge in [-0.2, -0.15) is 0 Å². The first-order chi connectivity index (χ1) is 7.68. The summed E-state index contributed by atoms with van der Waals surface area (Å²) in [7, 11) is 0. The van der Waals surface area contributed by atoms with Gasteiger partial charge < -0.3 is 5.32 Å². The molecule has 1 aromatic carbocycles. The van der Waals surface area contributed by atoms with Crippen LogP contribution in [0.15, 0.2) is 18.2 Å². The minimum absolute atomic E-state index is 0.0961. The lowest BCUT2D eigenvalue weighted by molar-refractivity contribution is 0.330. The molecule has 1 aliphatic rings. The lowest BCUT2D eigenvalue weighted by atomic mass is 9.81. The molecule has 1 atom stereocenters. The number of rotatable bonds is 2. The molecule has 0 aliphatic carbocycles. The van der Waals surface area contributed by atoms with Crippen molar-refractivity contribution in [2.24, 2.45) is 5.92 Å². The standard InChI is InChI=1S/C14H20FN/c1-10-9-13(3-4-14(10)15)11(2)12-5-7-16-8-6-12/h3-4,9,11-12,16H,5-8H2,1-2H3. The second-order valence-electron chi connectivity index (χ2n) is 4.88. The lowest BCUT2D eigenvalue weighted by Crippen LogP contribution is -2.30. The van der Waals surface area contributed by atoms with Gasteiger partial charge in [0.15, 0.2) is 0 Å². The zero-order chi connectivity index (χ0) is 11.5. The predicted molar refractivity (Wildman–Crippen MR) is 65.1 cm³/mol. The van der Waals surface area contributed by atoms with E-state index in [1.54, 1.807) is 6.07 Å². The third-order valence-corrected chi connectivity index (χ3v) is 3.80. The SMILES string of the molecule is Cc1cc(C(C)C2CCNCC2)ccc1F. The van der Waals surface area contributed by atoms with Gasteiger partial charge in [-0.1, -0.05) is 19.1 Å². The second-order valence-corrected chi connectivity index (χ2v) is 4.88. The fourth-order valence-electron chi connectivity index (χ4n) is 2.57. The number of hydrogen-bond donors (Lipinski definition) is 1. The van der Waals surface area contributed by atoms with Crippen LogP contribution in [0, 0.1) is 18.7 Å². The van der Waals surface area contributed by atoms with Crippen LogP contribution in [0.2, 0.25) is 0 Å². The number of aryl methyl sites for hydroxylation is 1. The van der Waals surface area contributed by atoms with Crippen molar-refractivity contribution in [2.75, 3.05) is 13.1 Å². The molecule has 16 heavy (non-hydrogen) atoms. The van der Waals surface area contributed by atoms with Gasteiger partial charge in [0, 0.05) is 0 Å². The van der Waals surface area contributed by atoms with Gasteiger partial charge in [-0.15, -0.1) is 0 Å². The van der Waals surface area contributed by atoms with Crippen molar-refractivity contribution in [3.63, 3.8) is 0 Å². The fourth-order valence-corrected chi connectivity index (χ4v) is 2.57. The van der Waals surface area contributed by atoms with E-state index in [2.05, 4.69) is 12.2 Å². The molecule has 1 aromatic rings. The molecule has 0 bridgehead atoms. The Bertz CT molecular complexity index is 356. The highest BCUT2D eigenvalue weighted by Crippen LogP contribution is 2.31. The molecule has 0 saturated carbocycles. The molecule has 0 amide bonds. The maximum absolute atomic E-state index is 13.2. The highest BCUT2D eigenvalue weighted by molar-refractivity contribution is 5.27. The van der Waals surface area contributed by atoms with Gasteiger partial charge in [-0.25, -0.2) is 4.39 Å². The largest absolute Gasteiger partial charge is 0.317 e. The molecule has 1 unspecified atom stereocenters. The van der Waals surface area contributed by atoms with Crippen molar-refractivity contribution in [3.8, 4) is 0 Å². The van der Waals surface area contributed by atoms with Crippen molar-refractivity contribution >= 4 is 0 Å². The zero-order valence-corrected chi connectivity index (χ0v) is 10.1. The van der Waals surface area contributed by atoms with Crippen molar-refractivity contribution in [3.05, 3.63) is 35.1 Å². The number of nitrogens with one attached hydrogen (secondary N) is 1. The van der Waals surface area contributed by atoms with E-state index in [1.807, 2.05) is 19.1 Å². The van der Waals surface area contributed by atoms with E-state index in [1.165, 1.54) is 18.4 Å². The predicted octanol–water partition coefficient (Wildman–Crippen LogP) is 3.24. The van der Waals surface area contributed by atoms with Gasteiger partial charge in [0.2, 0.25) is 0 Å². The Hall–Kier alpha value is -0.890. The summed E-state index contributed by atoms with van der Waals surface area (Å²) in [6, 6.07) is 5.54. The van der Waals surface area contributed by atoms with Crippen LogP contribution in [0.3, 0.4) is 0 Å². The molecular weight excluding hydrogens is 201 g/mol. The third kappa shape index (κ3) is 2.43. The van der Waals surface area contributed by atoms with Crippen LogP contribution in [-0.2, 0) is 0 Å². The maximum atomic E-state index is 13.2. The van der Waals surface area contributed by atoms with Crippen LogP contribution in [0.25, 0.3) is 0 Å². The lowest BCUT2D eigenvalue weighted by Gasteiger charge is -2.28. The van der Waals surface area contributed by atoms with Crippen LogP contribution in [0.5, 0.6) is 0 Å². The van der Waals surface area contributed by atoms with Gasteiger partial charge in [0.05, 0.1) is 0 Å². The van der Waals surface area contributed by atoms with E-state index in [-0.39, 0.29) is 5.82 Å². The average molecular weight is 221 g/mol. The van der Waals surface area contributed by atoms with E-state index >= 15 is 0 Å². The van der Waals surface area contributed by atoms with E-state index < -0.39 is 0 Å². The monoisotopic (exact) mass is 221 g/mol. The van der Waals surface area contributed by atoms with Crippen LogP contribution >= 0.6 is 0 Å². The molecular formula is C14H20FN. The van der Waals surface area contributed by atoms with Crippen molar-refractivity contribution in [1.29, 1.82) is 0 Å². The normalized spacial score (nSPS) is 19.7. The highest BCUT2D eigenvalue weighted by atomic mass is 19.1. The van der Waals surface area contributed by atoms with Gasteiger partial charge in [-0.05, 0) is 61.9 Å². The summed E-state index contributed by atoms with van der Waals surface area (Å²) < 4.78 is 13.2. The molecule has 1 N–H and O–H groups in total. The Morgan fingerprint density at radius 1 is 1.31 bits per heavy atom. The second kappa shape index (κ2) is 4.96. The average Bonchev–Trinajstić information content (AvgIpc) is 2.33. The molecule has 0 radical (unpaired) electrons. The Balaban J connectivity index is 2.12. The number of benzene rings is 1. The van der Waals surface area contributed by atoms with Gasteiger partial charge in [0.25, 0.3) is 0 Å². The number of hydrogen-bond acceptors (Lipinski definition) is 1. The molecule has 1 saturated heterocycles. The van der Waals surface area contributed by atoms with Crippen LogP contribution in [0.1, 0.15) is 36.8 Å². The molecule has 1 aliphatic heterocycles. The summed E-state index contributed by atoms with van der Waals surface area (Å²) in [5.74, 6) is 1.19. The van der Waals surface area contributed by atoms with Crippen LogP contribution in [0.4, 0.5) is 4.39 Å². The topological polar surface area (TPSA) is 12.0 Å². The fraction of sp³-hybridized carbons (Fsp3) is 0.571. The summed E-state index contributed by atoms with van der Waals surface area (Å²) in [6.07, 6.45) is 2.47. The minimum atomic E-state index is -0.0961. The first-order valence-corrected chi connectivity index (χ1v) is 6.15. The minimum Gasteiger partial charge on any atom is -0.317 e. The molecule has 0 spiro atoms. The molecule has 2 heteroatoms. The smallest absolute Gasteiger partial charge is 0.126 e. The van der Waals surface area contributed by atoms with E-state index in [0.717, 1.165) is 24.6 Å². The van der Waals surface area contributed by atoms with E-state index in [9.17, 15) is 4.39 Å². The molecule has 88 valence electrons. The number of halogens is 1. The molecule has 2 rings (SSSR count). The summed E-state index contributed by atoms with van der Waals surface area (Å²) in [5.41, 5.74) is 2.05. The van der Waals surface area contributed by atoms with Crippen LogP contribution in [-0.4, -0.2) is 13.1 Å². The van der Waals surface area contributed by atoms with Crippen LogP contribution < -0.4 is 5.32 Å². The van der Waals surface area contributed by atoms with Gasteiger partial charge in [-0.3, -0.25) is 0 Å². The van der Waals surface area contributed by atoms with E-state index in [4.69, 9.17) is 0 Å². The molecule has 1 heterocycles. The van der Waals surface area contributed by atoms with Gasteiger partial charge >= 0.3 is 0 Å². The molecule has 0 aromatic heterocycles. The summed E-state index contributed by atoms with van der Waals surface area (Å²) in [6.45, 7) is 6.35. The Morgan fingerprint density at radius 2 is 2.00 bits per heavy atom. The first-order valence-electron chi connectivity index (χ1n) is 6.15. The maximum Gasteiger partial charge on any atom is 0.126 e. The Morgan fingerprint density at radius 3 is 2.62 bits per heavy atom. The zero-order valence-electron chi connectivity index (χ0n) is 10.1.